The number of carbonyl (C=O) groups is 2. The third-order valence-corrected chi connectivity index (χ3v) is 6.69. The van der Waals surface area contributed by atoms with Crippen LogP contribution in [0.5, 0.6) is 0 Å². The van der Waals surface area contributed by atoms with E-state index in [1.165, 1.54) is 16.9 Å². The fourth-order valence-electron chi connectivity index (χ4n) is 3.96. The topological polar surface area (TPSA) is 78.1 Å². The lowest BCUT2D eigenvalue weighted by Crippen LogP contribution is -2.36. The number of nitrogens with zero attached hydrogens (tertiary/aromatic N) is 2. The Labute approximate surface area is 189 Å². The van der Waals surface area contributed by atoms with Crippen molar-refractivity contribution in [3.8, 4) is 10.6 Å². The summed E-state index contributed by atoms with van der Waals surface area (Å²) in [6, 6.07) is 21.2. The standard InChI is InChI=1S/C25H22N4O2S/c30-24(29-15-3-5-18-4-1-2-6-21(18)29)16-17-7-9-19(10-8-17)27-25(31)23-12-11-22(32-23)20-13-14-26-28-20/h1-2,4,6-14H,3,5,15-16H2,(H,26,28)(H,27,31). The van der Waals surface area contributed by atoms with Gasteiger partial charge in [0.15, 0.2) is 0 Å². The lowest BCUT2D eigenvalue weighted by atomic mass is 10.0. The monoisotopic (exact) mass is 442 g/mol. The molecule has 0 spiro atoms. The van der Waals surface area contributed by atoms with Crippen molar-refractivity contribution in [3.63, 3.8) is 0 Å². The van der Waals surface area contributed by atoms with E-state index >= 15 is 0 Å². The Kier molecular flexibility index (Phi) is 5.56. The highest BCUT2D eigenvalue weighted by molar-refractivity contribution is 7.17. The zero-order valence-electron chi connectivity index (χ0n) is 17.4. The summed E-state index contributed by atoms with van der Waals surface area (Å²) in [6.07, 6.45) is 4.02. The number of amides is 2. The predicted octanol–water partition coefficient (Wildman–Crippen LogP) is 4.91. The number of hydrogen-bond acceptors (Lipinski definition) is 4. The Bertz CT molecular complexity index is 1250. The minimum atomic E-state index is -0.158. The number of aryl methyl sites for hydroxylation is 1. The van der Waals surface area contributed by atoms with Crippen LogP contribution in [-0.2, 0) is 17.6 Å². The molecule has 3 heterocycles. The van der Waals surface area contributed by atoms with E-state index in [-0.39, 0.29) is 11.8 Å². The van der Waals surface area contributed by atoms with Crippen molar-refractivity contribution in [1.29, 1.82) is 0 Å². The molecule has 2 aromatic heterocycles. The molecule has 1 aliphatic heterocycles. The Morgan fingerprint density at radius 1 is 1.03 bits per heavy atom. The molecule has 0 bridgehead atoms. The van der Waals surface area contributed by atoms with E-state index in [1.807, 2.05) is 59.5 Å². The van der Waals surface area contributed by atoms with E-state index in [4.69, 9.17) is 0 Å². The maximum absolute atomic E-state index is 12.9. The van der Waals surface area contributed by atoms with Crippen LogP contribution in [0.2, 0.25) is 0 Å². The second-order valence-corrected chi connectivity index (χ2v) is 8.82. The fraction of sp³-hybridized carbons (Fsp3) is 0.160. The first-order chi connectivity index (χ1) is 15.7. The molecule has 6 nitrogen and oxygen atoms in total. The normalized spacial score (nSPS) is 12.9. The molecular formula is C25H22N4O2S. The van der Waals surface area contributed by atoms with E-state index in [1.54, 1.807) is 12.3 Å². The first-order valence-corrected chi connectivity index (χ1v) is 11.4. The molecule has 7 heteroatoms. The number of para-hydroxylation sites is 1. The van der Waals surface area contributed by atoms with Gasteiger partial charge in [0.05, 0.1) is 21.9 Å². The van der Waals surface area contributed by atoms with E-state index in [0.29, 0.717) is 17.0 Å². The van der Waals surface area contributed by atoms with Gasteiger partial charge in [-0.2, -0.15) is 5.10 Å². The van der Waals surface area contributed by atoms with Gasteiger partial charge in [-0.25, -0.2) is 0 Å². The average Bonchev–Trinajstić information content (AvgIpc) is 3.52. The molecule has 4 aromatic rings. The van der Waals surface area contributed by atoms with Crippen LogP contribution in [0, 0.1) is 0 Å². The first kappa shape index (κ1) is 20.2. The molecule has 2 aromatic carbocycles. The highest BCUT2D eigenvalue weighted by atomic mass is 32.1. The molecule has 1 aliphatic rings. The Balaban J connectivity index is 1.22. The van der Waals surface area contributed by atoms with Gasteiger partial charge in [-0.3, -0.25) is 14.7 Å². The molecule has 32 heavy (non-hydrogen) atoms. The molecule has 0 saturated carbocycles. The molecule has 0 atom stereocenters. The number of hydrogen-bond donors (Lipinski definition) is 2. The zero-order chi connectivity index (χ0) is 21.9. The van der Waals surface area contributed by atoms with E-state index in [9.17, 15) is 9.59 Å². The molecule has 5 rings (SSSR count). The number of aromatic amines is 1. The minimum Gasteiger partial charge on any atom is -0.321 e. The third kappa shape index (κ3) is 4.20. The highest BCUT2D eigenvalue weighted by Crippen LogP contribution is 2.28. The van der Waals surface area contributed by atoms with E-state index < -0.39 is 0 Å². The van der Waals surface area contributed by atoms with Gasteiger partial charge < -0.3 is 10.2 Å². The number of benzene rings is 2. The number of fused-ring (bicyclic) bond motifs is 1. The lowest BCUT2D eigenvalue weighted by molar-refractivity contribution is -0.118. The summed E-state index contributed by atoms with van der Waals surface area (Å²) in [5, 5.41) is 9.77. The van der Waals surface area contributed by atoms with Gasteiger partial charge in [0.2, 0.25) is 5.91 Å². The van der Waals surface area contributed by atoms with Gasteiger partial charge in [0, 0.05) is 24.1 Å². The summed E-state index contributed by atoms with van der Waals surface area (Å²) in [4.78, 5) is 29.0. The Morgan fingerprint density at radius 2 is 1.88 bits per heavy atom. The second-order valence-electron chi connectivity index (χ2n) is 7.74. The summed E-state index contributed by atoms with van der Waals surface area (Å²) in [7, 11) is 0. The number of thiophene rings is 1. The summed E-state index contributed by atoms with van der Waals surface area (Å²) < 4.78 is 0. The van der Waals surface area contributed by atoms with E-state index in [0.717, 1.165) is 41.2 Å². The number of nitrogens with one attached hydrogen (secondary N) is 2. The summed E-state index contributed by atoms with van der Waals surface area (Å²) >= 11 is 1.41. The maximum Gasteiger partial charge on any atom is 0.265 e. The first-order valence-electron chi connectivity index (χ1n) is 10.6. The SMILES string of the molecule is O=C(Nc1ccc(CC(=O)N2CCCc3ccccc32)cc1)c1ccc(-c2ccn[nH]2)s1. The van der Waals surface area contributed by atoms with Crippen molar-refractivity contribution in [2.24, 2.45) is 0 Å². The molecular weight excluding hydrogens is 420 g/mol. The summed E-state index contributed by atoms with van der Waals surface area (Å²) in [5.41, 5.74) is 4.77. The number of aromatic nitrogens is 2. The largest absolute Gasteiger partial charge is 0.321 e. The van der Waals surface area contributed by atoms with Crippen LogP contribution in [0.4, 0.5) is 11.4 Å². The van der Waals surface area contributed by atoms with Crippen molar-refractivity contribution in [2.75, 3.05) is 16.8 Å². The molecule has 0 saturated heterocycles. The molecule has 0 fully saturated rings. The second kappa shape index (κ2) is 8.80. The van der Waals surface area contributed by atoms with Crippen molar-refractivity contribution in [1.82, 2.24) is 10.2 Å². The molecule has 0 aliphatic carbocycles. The predicted molar refractivity (Wildman–Crippen MR) is 127 cm³/mol. The molecule has 2 N–H and O–H groups in total. The summed E-state index contributed by atoms with van der Waals surface area (Å²) in [5.74, 6) is -0.0617. The minimum absolute atomic E-state index is 0.0962. The number of carbonyl (C=O) groups excluding carboxylic acids is 2. The summed E-state index contributed by atoms with van der Waals surface area (Å²) in [6.45, 7) is 0.755. The van der Waals surface area contributed by atoms with Crippen LogP contribution in [0.25, 0.3) is 10.6 Å². The number of H-pyrrole nitrogens is 1. The van der Waals surface area contributed by atoms with Gasteiger partial charge in [0.25, 0.3) is 5.91 Å². The molecule has 0 unspecified atom stereocenters. The average molecular weight is 443 g/mol. The van der Waals surface area contributed by atoms with Crippen LogP contribution in [-0.4, -0.2) is 28.6 Å². The lowest BCUT2D eigenvalue weighted by Gasteiger charge is -2.29. The third-order valence-electron chi connectivity index (χ3n) is 5.57. The van der Waals surface area contributed by atoms with Gasteiger partial charge >= 0.3 is 0 Å². The quantitative estimate of drug-likeness (QED) is 0.461. The number of anilines is 2. The zero-order valence-corrected chi connectivity index (χ0v) is 18.2. The van der Waals surface area contributed by atoms with Crippen LogP contribution in [0.3, 0.4) is 0 Å². The Morgan fingerprint density at radius 3 is 2.69 bits per heavy atom. The fourth-order valence-corrected chi connectivity index (χ4v) is 4.84. The molecule has 2 amide bonds. The van der Waals surface area contributed by atoms with Crippen molar-refractivity contribution >= 4 is 34.5 Å². The van der Waals surface area contributed by atoms with Gasteiger partial charge in [-0.05, 0) is 60.4 Å². The van der Waals surface area contributed by atoms with Gasteiger partial charge in [0.1, 0.15) is 0 Å². The highest BCUT2D eigenvalue weighted by Gasteiger charge is 2.22. The van der Waals surface area contributed by atoms with Crippen LogP contribution in [0.15, 0.2) is 72.9 Å². The van der Waals surface area contributed by atoms with Gasteiger partial charge in [-0.1, -0.05) is 30.3 Å². The van der Waals surface area contributed by atoms with Gasteiger partial charge in [-0.15, -0.1) is 11.3 Å². The van der Waals surface area contributed by atoms with Crippen molar-refractivity contribution in [3.05, 3.63) is 88.9 Å². The van der Waals surface area contributed by atoms with Crippen molar-refractivity contribution in [2.45, 2.75) is 19.3 Å². The smallest absolute Gasteiger partial charge is 0.265 e. The van der Waals surface area contributed by atoms with Crippen LogP contribution in [0.1, 0.15) is 27.2 Å². The number of rotatable bonds is 5. The van der Waals surface area contributed by atoms with Crippen LogP contribution >= 0.6 is 11.3 Å². The maximum atomic E-state index is 12.9. The molecule has 160 valence electrons. The van der Waals surface area contributed by atoms with Crippen LogP contribution < -0.4 is 10.2 Å². The Hall–Kier alpha value is -3.71. The van der Waals surface area contributed by atoms with Crippen molar-refractivity contribution < 1.29 is 9.59 Å². The van der Waals surface area contributed by atoms with E-state index in [2.05, 4.69) is 21.6 Å². The molecule has 0 radical (unpaired) electrons.